The molecular formula is C18H18O4. The van der Waals surface area contributed by atoms with Gasteiger partial charge in [0.25, 0.3) is 0 Å². The van der Waals surface area contributed by atoms with Crippen LogP contribution in [0.5, 0.6) is 5.75 Å². The molecule has 2 N–H and O–H groups in total. The Morgan fingerprint density at radius 1 is 1.18 bits per heavy atom. The van der Waals surface area contributed by atoms with Gasteiger partial charge in [0.05, 0.1) is 13.7 Å². The number of carbonyl (C=O) groups is 1. The van der Waals surface area contributed by atoms with E-state index in [0.29, 0.717) is 5.75 Å². The summed E-state index contributed by atoms with van der Waals surface area (Å²) in [6, 6.07) is 13.0. The van der Waals surface area contributed by atoms with Crippen LogP contribution in [-0.4, -0.2) is 29.9 Å². The Kier molecular flexibility index (Phi) is 3.62. The van der Waals surface area contributed by atoms with E-state index in [1.165, 1.54) is 13.2 Å². The maximum atomic E-state index is 11.3. The molecule has 1 fully saturated rings. The molecule has 2 aromatic carbocycles. The highest BCUT2D eigenvalue weighted by atomic mass is 16.5. The molecule has 1 saturated carbocycles. The number of aromatic carboxylic acids is 1. The first kappa shape index (κ1) is 14.6. The lowest BCUT2D eigenvalue weighted by Gasteiger charge is -2.14. The van der Waals surface area contributed by atoms with Crippen LogP contribution in [0.15, 0.2) is 42.5 Å². The third-order valence-electron chi connectivity index (χ3n) is 4.41. The quantitative estimate of drug-likeness (QED) is 0.890. The highest BCUT2D eigenvalue weighted by Crippen LogP contribution is 2.48. The van der Waals surface area contributed by atoms with Crippen LogP contribution in [0.2, 0.25) is 0 Å². The van der Waals surface area contributed by atoms with Gasteiger partial charge in [0.15, 0.2) is 0 Å². The first-order chi connectivity index (χ1) is 10.6. The molecule has 0 aromatic heterocycles. The van der Waals surface area contributed by atoms with E-state index in [9.17, 15) is 15.0 Å². The summed E-state index contributed by atoms with van der Waals surface area (Å²) in [6.07, 6.45) is 2.03. The van der Waals surface area contributed by atoms with E-state index in [4.69, 9.17) is 4.74 Å². The summed E-state index contributed by atoms with van der Waals surface area (Å²) in [5.41, 5.74) is 2.87. The fraction of sp³-hybridized carbons (Fsp3) is 0.278. The summed E-state index contributed by atoms with van der Waals surface area (Å²) in [7, 11) is 1.48. The Morgan fingerprint density at radius 2 is 1.86 bits per heavy atom. The normalized spacial score (nSPS) is 15.4. The van der Waals surface area contributed by atoms with Crippen LogP contribution in [-0.2, 0) is 5.41 Å². The molecule has 3 rings (SSSR count). The van der Waals surface area contributed by atoms with Gasteiger partial charge in [-0.1, -0.05) is 36.4 Å². The number of carboxylic acids is 1. The van der Waals surface area contributed by atoms with Crippen molar-refractivity contribution in [3.8, 4) is 16.9 Å². The lowest BCUT2D eigenvalue weighted by atomic mass is 9.93. The van der Waals surface area contributed by atoms with Gasteiger partial charge in [-0.15, -0.1) is 0 Å². The Morgan fingerprint density at radius 3 is 2.36 bits per heavy atom. The molecular weight excluding hydrogens is 280 g/mol. The number of aliphatic hydroxyl groups excluding tert-OH is 1. The van der Waals surface area contributed by atoms with Gasteiger partial charge in [-0.25, -0.2) is 4.79 Å². The van der Waals surface area contributed by atoms with E-state index in [2.05, 4.69) is 0 Å². The average Bonchev–Trinajstić information content (AvgIpc) is 3.35. The first-order valence-corrected chi connectivity index (χ1v) is 7.23. The highest BCUT2D eigenvalue weighted by molar-refractivity contribution is 5.94. The van der Waals surface area contributed by atoms with Gasteiger partial charge in [-0.2, -0.15) is 0 Å². The zero-order valence-corrected chi connectivity index (χ0v) is 12.4. The fourth-order valence-corrected chi connectivity index (χ4v) is 2.84. The van der Waals surface area contributed by atoms with Crippen LogP contribution < -0.4 is 4.74 Å². The maximum absolute atomic E-state index is 11.3. The molecule has 4 nitrogen and oxygen atoms in total. The molecule has 114 valence electrons. The summed E-state index contributed by atoms with van der Waals surface area (Å²) in [5.74, 6) is -0.640. The minimum Gasteiger partial charge on any atom is -0.495 e. The van der Waals surface area contributed by atoms with Gasteiger partial charge in [0.1, 0.15) is 11.3 Å². The average molecular weight is 298 g/mol. The summed E-state index contributed by atoms with van der Waals surface area (Å²) in [5, 5.41) is 18.7. The fourth-order valence-electron chi connectivity index (χ4n) is 2.84. The number of benzene rings is 2. The van der Waals surface area contributed by atoms with Crippen LogP contribution in [0, 0.1) is 0 Å². The van der Waals surface area contributed by atoms with Gasteiger partial charge >= 0.3 is 5.97 Å². The summed E-state index contributed by atoms with van der Waals surface area (Å²) in [4.78, 5) is 11.3. The van der Waals surface area contributed by atoms with Gasteiger partial charge in [0, 0.05) is 11.0 Å². The molecule has 0 amide bonds. The second kappa shape index (κ2) is 5.46. The number of ether oxygens (including phenoxy) is 1. The molecule has 0 radical (unpaired) electrons. The van der Waals surface area contributed by atoms with Crippen molar-refractivity contribution in [2.24, 2.45) is 0 Å². The van der Waals surface area contributed by atoms with E-state index in [0.717, 1.165) is 29.5 Å². The Labute approximate surface area is 129 Å². The van der Waals surface area contributed by atoms with Crippen molar-refractivity contribution in [2.75, 3.05) is 13.7 Å². The van der Waals surface area contributed by atoms with Gasteiger partial charge in [-0.05, 0) is 30.0 Å². The molecule has 0 heterocycles. The molecule has 0 spiro atoms. The number of methoxy groups -OCH3 is 1. The van der Waals surface area contributed by atoms with Gasteiger partial charge in [0.2, 0.25) is 0 Å². The zero-order chi connectivity index (χ0) is 15.7. The highest BCUT2D eigenvalue weighted by Gasteiger charge is 2.43. The number of hydrogen-bond acceptors (Lipinski definition) is 3. The molecule has 2 aromatic rings. The second-order valence-corrected chi connectivity index (χ2v) is 5.71. The maximum Gasteiger partial charge on any atom is 0.339 e. The molecule has 0 unspecified atom stereocenters. The van der Waals surface area contributed by atoms with Crippen molar-refractivity contribution in [2.45, 2.75) is 18.3 Å². The molecule has 1 aliphatic rings. The number of para-hydroxylation sites is 1. The van der Waals surface area contributed by atoms with Crippen LogP contribution in [0.1, 0.15) is 28.8 Å². The minimum absolute atomic E-state index is 0.0640. The van der Waals surface area contributed by atoms with Crippen molar-refractivity contribution in [3.05, 3.63) is 53.6 Å². The number of rotatable bonds is 5. The minimum atomic E-state index is -1.01. The number of aliphatic hydroxyl groups is 1. The second-order valence-electron chi connectivity index (χ2n) is 5.71. The smallest absolute Gasteiger partial charge is 0.339 e. The van der Waals surface area contributed by atoms with Crippen molar-refractivity contribution in [1.82, 2.24) is 0 Å². The molecule has 4 heteroatoms. The topological polar surface area (TPSA) is 66.8 Å². The number of carboxylic acid groups (broad SMARTS) is 1. The molecule has 0 atom stereocenters. The van der Waals surface area contributed by atoms with Gasteiger partial charge in [-0.3, -0.25) is 0 Å². The van der Waals surface area contributed by atoms with E-state index in [1.807, 2.05) is 30.3 Å². The SMILES string of the molecule is COc1c(C(=O)O)cccc1-c1ccc(C2(CO)CC2)cc1. The van der Waals surface area contributed by atoms with Crippen LogP contribution >= 0.6 is 0 Å². The van der Waals surface area contributed by atoms with Crippen molar-refractivity contribution in [3.63, 3.8) is 0 Å². The molecule has 0 aliphatic heterocycles. The summed E-state index contributed by atoms with van der Waals surface area (Å²) >= 11 is 0. The third kappa shape index (κ3) is 2.35. The largest absolute Gasteiger partial charge is 0.495 e. The lowest BCUT2D eigenvalue weighted by molar-refractivity contribution is 0.0693. The summed E-state index contributed by atoms with van der Waals surface area (Å²) in [6.45, 7) is 0.171. The first-order valence-electron chi connectivity index (χ1n) is 7.23. The molecule has 1 aliphatic carbocycles. The Balaban J connectivity index is 2.01. The molecule has 22 heavy (non-hydrogen) atoms. The van der Waals surface area contributed by atoms with Gasteiger partial charge < -0.3 is 14.9 Å². The Bertz CT molecular complexity index is 700. The van der Waals surface area contributed by atoms with E-state index < -0.39 is 5.97 Å². The third-order valence-corrected chi connectivity index (χ3v) is 4.41. The van der Waals surface area contributed by atoms with Crippen LogP contribution in [0.3, 0.4) is 0 Å². The lowest BCUT2D eigenvalue weighted by Crippen LogP contribution is -2.11. The standard InChI is InChI=1S/C18H18O4/c1-22-16-14(3-2-4-15(16)17(20)21)12-5-7-13(8-6-12)18(11-19)9-10-18/h2-8,19H,9-11H2,1H3,(H,20,21). The predicted molar refractivity (Wildman–Crippen MR) is 83.4 cm³/mol. The Hall–Kier alpha value is -2.33. The van der Waals surface area contributed by atoms with Crippen molar-refractivity contribution in [1.29, 1.82) is 0 Å². The van der Waals surface area contributed by atoms with Crippen molar-refractivity contribution >= 4 is 5.97 Å². The molecule has 0 bridgehead atoms. The zero-order valence-electron chi connectivity index (χ0n) is 12.4. The van der Waals surface area contributed by atoms with E-state index in [1.54, 1.807) is 6.07 Å². The van der Waals surface area contributed by atoms with Crippen LogP contribution in [0.4, 0.5) is 0 Å². The summed E-state index contributed by atoms with van der Waals surface area (Å²) < 4.78 is 5.30. The van der Waals surface area contributed by atoms with E-state index >= 15 is 0 Å². The molecule has 0 saturated heterocycles. The van der Waals surface area contributed by atoms with Crippen LogP contribution in [0.25, 0.3) is 11.1 Å². The van der Waals surface area contributed by atoms with Crippen molar-refractivity contribution < 1.29 is 19.7 Å². The van der Waals surface area contributed by atoms with E-state index in [-0.39, 0.29) is 17.6 Å². The predicted octanol–water partition coefficient (Wildman–Crippen LogP) is 3.08. The number of hydrogen-bond donors (Lipinski definition) is 2. The monoisotopic (exact) mass is 298 g/mol.